The second kappa shape index (κ2) is 4.55. The quantitative estimate of drug-likeness (QED) is 0.448. The van der Waals surface area contributed by atoms with Gasteiger partial charge in [0.1, 0.15) is 17.7 Å². The molecular weight excluding hydrogens is 246 g/mol. The molecule has 0 aliphatic carbocycles. The van der Waals surface area contributed by atoms with Crippen molar-refractivity contribution in [3.63, 3.8) is 0 Å². The largest absolute Gasteiger partial charge is 0.499 e. The van der Waals surface area contributed by atoms with E-state index in [4.69, 9.17) is 10.5 Å². The fourth-order valence-corrected chi connectivity index (χ4v) is 1.58. The number of hydrogen-bond donors (Lipinski definition) is 1. The van der Waals surface area contributed by atoms with Gasteiger partial charge in [0, 0.05) is 11.6 Å². The summed E-state index contributed by atoms with van der Waals surface area (Å²) in [5, 5.41) is 26.6. The molecule has 0 saturated carbocycles. The van der Waals surface area contributed by atoms with E-state index in [2.05, 4.69) is 0 Å². The molecule has 2 aromatic rings. The van der Waals surface area contributed by atoms with Crippen molar-refractivity contribution in [3.8, 4) is 23.6 Å². The molecule has 0 atom stereocenters. The van der Waals surface area contributed by atoms with E-state index < -0.39 is 16.6 Å². The molecule has 0 spiro atoms. The number of pyridine rings is 1. The molecule has 0 aliphatic heterocycles. The average molecular weight is 252 g/mol. The van der Waals surface area contributed by atoms with Gasteiger partial charge in [0.15, 0.2) is 12.4 Å². The van der Waals surface area contributed by atoms with Gasteiger partial charge in [0.25, 0.3) is 5.43 Å². The highest BCUT2D eigenvalue weighted by Gasteiger charge is 2.29. The zero-order valence-electron chi connectivity index (χ0n) is 9.49. The van der Waals surface area contributed by atoms with Crippen molar-refractivity contribution in [3.05, 3.63) is 56.1 Å². The smallest absolute Gasteiger partial charge is 0.309 e. The van der Waals surface area contributed by atoms with Crippen LogP contribution < -0.4 is 15.4 Å². The Hall–Kier alpha value is -3.25. The Balaban J connectivity index is 2.52. The van der Waals surface area contributed by atoms with Gasteiger partial charge in [-0.15, -0.1) is 0 Å². The summed E-state index contributed by atoms with van der Waals surface area (Å²) in [7, 11) is 0. The zero-order chi connectivity index (χ0) is 14.0. The van der Waals surface area contributed by atoms with E-state index >= 15 is 0 Å². The lowest BCUT2D eigenvalue weighted by atomic mass is 10.1. The van der Waals surface area contributed by atoms with Crippen LogP contribution in [0.15, 0.2) is 39.7 Å². The van der Waals surface area contributed by atoms with Gasteiger partial charge >= 0.3 is 11.1 Å². The summed E-state index contributed by atoms with van der Waals surface area (Å²) in [5.74, 6) is -0.586. The number of rotatable bonds is 2. The third-order valence-corrected chi connectivity index (χ3v) is 2.49. The monoisotopic (exact) mass is 252 g/mol. The van der Waals surface area contributed by atoms with E-state index in [9.17, 15) is 14.7 Å². The molecule has 6 heteroatoms. The minimum absolute atomic E-state index is 0.0908. The SMILES string of the molecule is N#CC(C#N)=Cc1ccc[n+](-c2c(O)c(=O)c2=O)c1. The minimum Gasteiger partial charge on any atom is -0.499 e. The van der Waals surface area contributed by atoms with Gasteiger partial charge in [0.2, 0.25) is 5.75 Å². The van der Waals surface area contributed by atoms with E-state index in [-0.39, 0.29) is 11.3 Å². The first-order valence-electron chi connectivity index (χ1n) is 5.14. The Labute approximate surface area is 107 Å². The van der Waals surface area contributed by atoms with Crippen LogP contribution in [0.1, 0.15) is 5.56 Å². The zero-order valence-corrected chi connectivity index (χ0v) is 9.49. The first-order valence-corrected chi connectivity index (χ1v) is 5.14. The van der Waals surface area contributed by atoms with Crippen LogP contribution >= 0.6 is 0 Å². The van der Waals surface area contributed by atoms with Gasteiger partial charge in [0.05, 0.1) is 0 Å². The topological polar surface area (TPSA) is 106 Å². The summed E-state index contributed by atoms with van der Waals surface area (Å²) in [5.41, 5.74) is -1.40. The highest BCUT2D eigenvalue weighted by molar-refractivity contribution is 5.61. The molecule has 2 rings (SSSR count). The molecule has 1 aromatic heterocycles. The standard InChI is InChI=1S/C13H5N3O3/c14-5-9(6-15)4-8-2-1-3-16(7-8)10-11(17)13(19)12(10)18/h1-4,7H/p+1. The molecule has 0 fully saturated rings. The molecule has 0 bridgehead atoms. The van der Waals surface area contributed by atoms with Crippen LogP contribution in [0.25, 0.3) is 11.8 Å². The van der Waals surface area contributed by atoms with Crippen molar-refractivity contribution < 1.29 is 9.67 Å². The number of aromatic nitrogens is 1. The molecule has 19 heavy (non-hydrogen) atoms. The van der Waals surface area contributed by atoms with Crippen LogP contribution in [-0.4, -0.2) is 5.11 Å². The summed E-state index contributed by atoms with van der Waals surface area (Å²) in [6.07, 6.45) is 4.25. The van der Waals surface area contributed by atoms with E-state index in [1.807, 2.05) is 0 Å². The number of hydrogen-bond acceptors (Lipinski definition) is 5. The highest BCUT2D eigenvalue weighted by Crippen LogP contribution is 2.09. The average Bonchev–Trinajstić information content (AvgIpc) is 2.45. The van der Waals surface area contributed by atoms with Crippen molar-refractivity contribution in [1.29, 1.82) is 10.5 Å². The Morgan fingerprint density at radius 2 is 1.95 bits per heavy atom. The van der Waals surface area contributed by atoms with Crippen LogP contribution in [0, 0.1) is 22.7 Å². The maximum absolute atomic E-state index is 11.3. The van der Waals surface area contributed by atoms with Crippen molar-refractivity contribution in [2.24, 2.45) is 0 Å². The predicted molar refractivity (Wildman–Crippen MR) is 63.8 cm³/mol. The summed E-state index contributed by atoms with van der Waals surface area (Å²) in [6, 6.07) is 6.60. The fraction of sp³-hybridized carbons (Fsp3) is 0. The fourth-order valence-electron chi connectivity index (χ4n) is 1.58. The third kappa shape index (κ3) is 1.99. The minimum atomic E-state index is -0.918. The van der Waals surface area contributed by atoms with E-state index in [1.54, 1.807) is 24.3 Å². The van der Waals surface area contributed by atoms with Crippen molar-refractivity contribution in [1.82, 2.24) is 0 Å². The molecule has 1 aromatic carbocycles. The van der Waals surface area contributed by atoms with Crippen LogP contribution in [0.2, 0.25) is 0 Å². The Morgan fingerprint density at radius 3 is 2.53 bits per heavy atom. The molecule has 0 aliphatic rings. The van der Waals surface area contributed by atoms with Crippen molar-refractivity contribution in [2.45, 2.75) is 0 Å². The van der Waals surface area contributed by atoms with Gasteiger partial charge in [-0.1, -0.05) is 0 Å². The Bertz CT molecular complexity index is 827. The van der Waals surface area contributed by atoms with Crippen molar-refractivity contribution >= 4 is 6.08 Å². The molecule has 1 heterocycles. The first kappa shape index (κ1) is 12.2. The molecule has 0 radical (unpaired) electrons. The maximum atomic E-state index is 11.3. The number of nitriles is 2. The van der Waals surface area contributed by atoms with Gasteiger partial charge in [-0.3, -0.25) is 9.59 Å². The van der Waals surface area contributed by atoms with Crippen LogP contribution in [0.4, 0.5) is 0 Å². The van der Waals surface area contributed by atoms with Crippen LogP contribution in [0.5, 0.6) is 5.75 Å². The Kier molecular flexibility index (Phi) is 2.93. The lowest BCUT2D eigenvalue weighted by Gasteiger charge is -1.99. The summed E-state index contributed by atoms with van der Waals surface area (Å²) >= 11 is 0. The van der Waals surface area contributed by atoms with Gasteiger partial charge in [-0.25, -0.2) is 0 Å². The third-order valence-electron chi connectivity index (χ3n) is 2.49. The van der Waals surface area contributed by atoms with Gasteiger partial charge in [-0.2, -0.15) is 15.1 Å². The van der Waals surface area contributed by atoms with E-state index in [0.29, 0.717) is 5.56 Å². The molecular formula is C13H6N3O3+. The second-order valence-electron chi connectivity index (χ2n) is 3.68. The number of nitrogens with zero attached hydrogens (tertiary/aromatic N) is 3. The Morgan fingerprint density at radius 1 is 1.26 bits per heavy atom. The van der Waals surface area contributed by atoms with Crippen molar-refractivity contribution in [2.75, 3.05) is 0 Å². The molecule has 90 valence electrons. The highest BCUT2D eigenvalue weighted by atomic mass is 16.3. The van der Waals surface area contributed by atoms with Crippen LogP contribution in [0.3, 0.4) is 0 Å². The molecule has 0 saturated heterocycles. The molecule has 1 N–H and O–H groups in total. The van der Waals surface area contributed by atoms with E-state index in [1.165, 1.54) is 23.0 Å². The summed E-state index contributed by atoms with van der Waals surface area (Å²) in [4.78, 5) is 22.2. The lowest BCUT2D eigenvalue weighted by molar-refractivity contribution is -0.598. The lowest BCUT2D eigenvalue weighted by Crippen LogP contribution is -2.46. The van der Waals surface area contributed by atoms with Crippen LogP contribution in [-0.2, 0) is 0 Å². The summed E-state index contributed by atoms with van der Waals surface area (Å²) in [6.45, 7) is 0. The molecule has 0 amide bonds. The number of aromatic hydroxyl groups is 1. The van der Waals surface area contributed by atoms with Gasteiger partial charge < -0.3 is 5.11 Å². The van der Waals surface area contributed by atoms with Gasteiger partial charge in [-0.05, 0) is 12.1 Å². The second-order valence-corrected chi connectivity index (χ2v) is 3.68. The summed E-state index contributed by atoms with van der Waals surface area (Å²) < 4.78 is 1.28. The van der Waals surface area contributed by atoms with E-state index in [0.717, 1.165) is 0 Å². The predicted octanol–water partition coefficient (Wildman–Crippen LogP) is -0.305. The normalized spacial score (nSPS) is 9.58. The molecule has 6 nitrogen and oxygen atoms in total. The first-order chi connectivity index (χ1) is 9.08. The molecule has 0 unspecified atom stereocenters. The number of allylic oxidation sites excluding steroid dienone is 1. The maximum Gasteiger partial charge on any atom is 0.309 e.